The fraction of sp³-hybridized carbons (Fsp3) is 0.417. The van der Waals surface area contributed by atoms with E-state index in [2.05, 4.69) is 11.6 Å². The summed E-state index contributed by atoms with van der Waals surface area (Å²) in [6.45, 7) is 5.47. The first-order valence-corrected chi connectivity index (χ1v) is 5.85. The number of aryl methyl sites for hydroxylation is 1. The molecule has 7 heteroatoms. The van der Waals surface area contributed by atoms with E-state index >= 15 is 0 Å². The highest BCUT2D eigenvalue weighted by atomic mass is 16.3. The van der Waals surface area contributed by atoms with E-state index in [1.165, 1.54) is 17.7 Å². The number of hydrogen-bond acceptors (Lipinski definition) is 4. The van der Waals surface area contributed by atoms with Crippen molar-refractivity contribution in [2.45, 2.75) is 19.6 Å². The number of aliphatic hydroxyl groups excluding tert-OH is 1. The smallest absolute Gasteiger partial charge is 0.332 e. The van der Waals surface area contributed by atoms with Crippen LogP contribution < -0.4 is 11.2 Å². The van der Waals surface area contributed by atoms with E-state index in [-0.39, 0.29) is 6.54 Å². The minimum Gasteiger partial charge on any atom is -0.392 e. The number of rotatable bonds is 3. The Labute approximate surface area is 109 Å². The molecule has 0 amide bonds. The molecule has 0 spiro atoms. The van der Waals surface area contributed by atoms with E-state index in [4.69, 9.17) is 0 Å². The van der Waals surface area contributed by atoms with Gasteiger partial charge >= 0.3 is 5.69 Å². The van der Waals surface area contributed by atoms with Crippen LogP contribution in [0.5, 0.6) is 0 Å². The molecule has 7 nitrogen and oxygen atoms in total. The molecule has 0 aliphatic carbocycles. The second-order valence-electron chi connectivity index (χ2n) is 4.51. The van der Waals surface area contributed by atoms with Crippen LogP contribution in [-0.2, 0) is 20.6 Å². The molecular weight excluding hydrogens is 248 g/mol. The number of aromatic nitrogens is 4. The van der Waals surface area contributed by atoms with Crippen molar-refractivity contribution in [1.29, 1.82) is 0 Å². The predicted octanol–water partition coefficient (Wildman–Crippen LogP) is -0.543. The first-order valence-electron chi connectivity index (χ1n) is 5.85. The van der Waals surface area contributed by atoms with E-state index in [1.807, 2.05) is 0 Å². The second kappa shape index (κ2) is 4.51. The summed E-state index contributed by atoms with van der Waals surface area (Å²) < 4.78 is 3.91. The van der Waals surface area contributed by atoms with Crippen molar-refractivity contribution in [1.82, 2.24) is 18.7 Å². The zero-order chi connectivity index (χ0) is 14.3. The Hall–Kier alpha value is -2.15. The highest BCUT2D eigenvalue weighted by Gasteiger charge is 2.18. The molecule has 1 unspecified atom stereocenters. The Bertz CT molecular complexity index is 764. The highest BCUT2D eigenvalue weighted by Crippen LogP contribution is 2.12. The maximum Gasteiger partial charge on any atom is 0.332 e. The number of aliphatic hydroxyl groups is 1. The summed E-state index contributed by atoms with van der Waals surface area (Å²) in [6.07, 6.45) is 0.852. The summed E-state index contributed by atoms with van der Waals surface area (Å²) in [5.74, 6) is 0.453. The monoisotopic (exact) mass is 264 g/mol. The Balaban J connectivity index is 2.99. The Morgan fingerprint density at radius 3 is 2.53 bits per heavy atom. The molecule has 0 saturated carbocycles. The largest absolute Gasteiger partial charge is 0.392 e. The van der Waals surface area contributed by atoms with Crippen LogP contribution in [0.25, 0.3) is 17.2 Å². The molecule has 0 aromatic carbocycles. The molecular formula is C12H16N4O3. The average Bonchev–Trinajstić information content (AvgIpc) is 2.71. The molecule has 19 heavy (non-hydrogen) atoms. The van der Waals surface area contributed by atoms with Gasteiger partial charge in [-0.25, -0.2) is 9.78 Å². The van der Waals surface area contributed by atoms with Crippen LogP contribution in [0.2, 0.25) is 0 Å². The summed E-state index contributed by atoms with van der Waals surface area (Å²) >= 11 is 0. The lowest BCUT2D eigenvalue weighted by Gasteiger charge is -2.09. The zero-order valence-corrected chi connectivity index (χ0v) is 11.1. The lowest BCUT2D eigenvalue weighted by Crippen LogP contribution is -2.37. The third-order valence-electron chi connectivity index (χ3n) is 3.01. The van der Waals surface area contributed by atoms with E-state index in [9.17, 15) is 14.7 Å². The molecule has 1 N–H and O–H groups in total. The first kappa shape index (κ1) is 13.3. The summed E-state index contributed by atoms with van der Waals surface area (Å²) in [7, 11) is 2.97. The Morgan fingerprint density at radius 2 is 2.00 bits per heavy atom. The van der Waals surface area contributed by atoms with Crippen molar-refractivity contribution in [2.75, 3.05) is 0 Å². The van der Waals surface area contributed by atoms with Crippen LogP contribution in [0, 0.1) is 0 Å². The third-order valence-corrected chi connectivity index (χ3v) is 3.01. The number of imidazole rings is 1. The van der Waals surface area contributed by atoms with Gasteiger partial charge in [0.05, 0.1) is 12.6 Å². The van der Waals surface area contributed by atoms with Crippen LogP contribution in [0.3, 0.4) is 0 Å². The van der Waals surface area contributed by atoms with E-state index < -0.39 is 17.4 Å². The first-order chi connectivity index (χ1) is 8.88. The van der Waals surface area contributed by atoms with Crippen LogP contribution in [0.4, 0.5) is 0 Å². The van der Waals surface area contributed by atoms with Gasteiger partial charge in [0.25, 0.3) is 5.56 Å². The van der Waals surface area contributed by atoms with Gasteiger partial charge in [0.1, 0.15) is 5.82 Å². The van der Waals surface area contributed by atoms with Gasteiger partial charge in [-0.15, -0.1) is 0 Å². The molecule has 0 bridgehead atoms. The van der Waals surface area contributed by atoms with Gasteiger partial charge in [-0.2, -0.15) is 0 Å². The summed E-state index contributed by atoms with van der Waals surface area (Å²) in [5, 5.41) is 9.53. The minimum absolute atomic E-state index is 0.214. The highest BCUT2D eigenvalue weighted by molar-refractivity contribution is 5.73. The van der Waals surface area contributed by atoms with Crippen molar-refractivity contribution in [3.8, 4) is 0 Å². The van der Waals surface area contributed by atoms with Gasteiger partial charge in [-0.3, -0.25) is 13.9 Å². The Kier molecular flexibility index (Phi) is 3.15. The van der Waals surface area contributed by atoms with E-state index in [1.54, 1.807) is 18.5 Å². The summed E-state index contributed by atoms with van der Waals surface area (Å²) in [4.78, 5) is 28.3. The second-order valence-corrected chi connectivity index (χ2v) is 4.51. The van der Waals surface area contributed by atoms with Crippen molar-refractivity contribution >= 4 is 17.2 Å². The molecule has 102 valence electrons. The number of hydrogen-bond donors (Lipinski definition) is 1. The van der Waals surface area contributed by atoms with Gasteiger partial charge in [-0.05, 0) is 13.0 Å². The minimum atomic E-state index is -0.641. The van der Waals surface area contributed by atoms with Crippen LogP contribution >= 0.6 is 0 Å². The molecule has 1 atom stereocenters. The standard InChI is InChI=1S/C12H16N4O3/c1-5-8-13-10-9(16(8)6-7(2)17)11(18)15(4)12(19)14(10)3/h5,7,17H,1,6H2,2-4H3. The molecule has 0 aliphatic heterocycles. The molecule has 2 heterocycles. The molecule has 0 fully saturated rings. The van der Waals surface area contributed by atoms with Crippen molar-refractivity contribution < 1.29 is 5.11 Å². The molecule has 2 aromatic heterocycles. The topological polar surface area (TPSA) is 82.0 Å². The van der Waals surface area contributed by atoms with Gasteiger partial charge in [0, 0.05) is 14.1 Å². The van der Waals surface area contributed by atoms with Crippen LogP contribution in [0.1, 0.15) is 12.7 Å². The van der Waals surface area contributed by atoms with Gasteiger partial charge < -0.3 is 9.67 Å². The number of nitrogens with zero attached hydrogens (tertiary/aromatic N) is 4. The lowest BCUT2D eigenvalue weighted by atomic mass is 10.4. The van der Waals surface area contributed by atoms with Crippen LogP contribution in [0.15, 0.2) is 16.2 Å². The molecule has 0 aliphatic rings. The summed E-state index contributed by atoms with van der Waals surface area (Å²) in [6, 6.07) is 0. The van der Waals surface area contributed by atoms with Crippen molar-refractivity contribution in [3.63, 3.8) is 0 Å². The normalized spacial score (nSPS) is 12.8. The summed E-state index contributed by atoms with van der Waals surface area (Å²) in [5.41, 5.74) is -0.279. The fourth-order valence-electron chi connectivity index (χ4n) is 2.07. The number of fused-ring (bicyclic) bond motifs is 1. The maximum absolute atomic E-state index is 12.2. The van der Waals surface area contributed by atoms with Crippen LogP contribution in [-0.4, -0.2) is 29.9 Å². The third kappa shape index (κ3) is 1.91. The van der Waals surface area contributed by atoms with Crippen molar-refractivity contribution in [2.24, 2.45) is 14.1 Å². The SMILES string of the molecule is C=Cc1nc2c(c(=O)n(C)c(=O)n2C)n1CC(C)O. The maximum atomic E-state index is 12.2. The lowest BCUT2D eigenvalue weighted by molar-refractivity contribution is 0.174. The van der Waals surface area contributed by atoms with Gasteiger partial charge in [-0.1, -0.05) is 6.58 Å². The molecule has 2 aromatic rings. The van der Waals surface area contributed by atoms with E-state index in [0.717, 1.165) is 4.57 Å². The molecule has 0 saturated heterocycles. The molecule has 0 radical (unpaired) electrons. The quantitative estimate of drug-likeness (QED) is 0.807. The van der Waals surface area contributed by atoms with Gasteiger partial charge in [0.15, 0.2) is 11.2 Å². The predicted molar refractivity (Wildman–Crippen MR) is 72.0 cm³/mol. The zero-order valence-electron chi connectivity index (χ0n) is 11.1. The van der Waals surface area contributed by atoms with Crippen molar-refractivity contribution in [3.05, 3.63) is 33.2 Å². The Morgan fingerprint density at radius 1 is 1.37 bits per heavy atom. The average molecular weight is 264 g/mol. The van der Waals surface area contributed by atoms with E-state index in [0.29, 0.717) is 17.0 Å². The fourth-order valence-corrected chi connectivity index (χ4v) is 2.07. The molecule has 2 rings (SSSR count). The van der Waals surface area contributed by atoms with Gasteiger partial charge in [0.2, 0.25) is 0 Å².